The summed E-state index contributed by atoms with van der Waals surface area (Å²) in [4.78, 5) is 10.4. The van der Waals surface area contributed by atoms with Crippen molar-refractivity contribution in [3.05, 3.63) is 419 Å². The molecule has 0 amide bonds. The standard InChI is InChI=1S/C48H27BN2.C42H25BN2.C36H17BN2/c1-2-10-28(11-3-1)29-20-22-30(23-21-29)50-41-26-24-37-33-14-6-4-12-31(33)35-16-8-18-39-43(35)45(37)47(41)49-48-42(50)27-25-38-34-15-7-5-13-32(34)36-17-9-19-40(51(39)49)44(36)46(38)48;1-2-10-26(11-3-1)27-20-22-28(23-21-27)44-37-19-9-16-34-31-14-6-7-17-35(31)45-36-18-8-15-32-29-12-4-5-13-30(29)33-24-25-38(44)42(40(33)39(32)36)43(45)41(34)37;1-2-6-18(7-3-1)19-16-28-26-14-12-20-22-8-4-10-24-25-11-5-9-23-21-13-15-27-29(17-19)32(28)38-35(26)30(20)37(31(21)36(27)38)39(33(22)24)34(23)25/h1-27H;1-25H;1-17H. The third-order valence-electron chi connectivity index (χ3n) is 32.6. The molecule has 0 radical (unpaired) electrons. The second-order valence-electron chi connectivity index (χ2n) is 38.4. The minimum atomic E-state index is 0.0424. The Morgan fingerprint density at radius 1 is 0.148 bits per heavy atom. The van der Waals surface area contributed by atoms with Crippen molar-refractivity contribution in [3.63, 3.8) is 0 Å². The molecule has 135 heavy (non-hydrogen) atoms. The van der Waals surface area contributed by atoms with E-state index >= 15 is 0 Å². The van der Waals surface area contributed by atoms with Crippen LogP contribution in [0.3, 0.4) is 0 Å². The smallest absolute Gasteiger partial charge is 0.333 e. The number of nitrogens with zero attached hydrogens (tertiary/aromatic N) is 6. The molecule has 9 heteroatoms. The first-order valence-electron chi connectivity index (χ1n) is 47.5. The maximum absolute atomic E-state index is 2.70. The number of anilines is 10. The molecule has 24 aromatic carbocycles. The van der Waals surface area contributed by atoms with Crippen molar-refractivity contribution in [3.8, 4) is 66.8 Å². The molecule has 0 saturated carbocycles. The van der Waals surface area contributed by atoms with Gasteiger partial charge in [-0.15, -0.1) is 0 Å². The fraction of sp³-hybridized carbons (Fsp3) is 0. The zero-order valence-corrected chi connectivity index (χ0v) is 72.8. The van der Waals surface area contributed by atoms with E-state index in [1.54, 1.807) is 0 Å². The van der Waals surface area contributed by atoms with E-state index in [0.29, 0.717) is 0 Å². The highest BCUT2D eigenvalue weighted by Crippen LogP contribution is 2.59. The zero-order chi connectivity index (χ0) is 86.9. The minimum absolute atomic E-state index is 0.0424. The van der Waals surface area contributed by atoms with Crippen molar-refractivity contribution < 1.29 is 0 Å². The van der Waals surface area contributed by atoms with Crippen LogP contribution in [0.4, 0.5) is 56.9 Å². The SMILES string of the molecule is c1ccc(-c2cc3c4ccc5c6c4n4c7c8c(ccc7c(c2)c34)-c2cccc3c4cccc-5c4n(c23)B68)cc1.c1ccc(-c2ccc(N3c4ccc5c6ccccc6c6cccc7c6c5c4B4c5c3ccc3c6ccccc6c6cccc(c6c53)N47)cc2)cc1.c1ccc(-c2ccc(N3c4cccc5c4B4c6c3ccc3c7ccccc7c7cccc(c7c63)N4c3ccccc3-5)cc2)cc1. The number of aromatic nitrogens is 2. The quantitative estimate of drug-likeness (QED) is 0.126. The lowest BCUT2D eigenvalue weighted by Crippen LogP contribution is -2.62. The molecule has 9 aliphatic heterocycles. The van der Waals surface area contributed by atoms with Gasteiger partial charge in [-0.1, -0.05) is 334 Å². The van der Waals surface area contributed by atoms with E-state index in [-0.39, 0.29) is 20.5 Å². The molecule has 9 aliphatic rings. The van der Waals surface area contributed by atoms with Crippen LogP contribution in [0.15, 0.2) is 419 Å². The zero-order valence-electron chi connectivity index (χ0n) is 72.8. The van der Waals surface area contributed by atoms with Crippen molar-refractivity contribution in [1.29, 1.82) is 0 Å². The maximum atomic E-state index is 2.70. The lowest BCUT2D eigenvalue weighted by molar-refractivity contribution is 1.27. The van der Waals surface area contributed by atoms with E-state index < -0.39 is 0 Å². The van der Waals surface area contributed by atoms with Crippen LogP contribution < -0.4 is 52.2 Å². The number of benzene rings is 24. The van der Waals surface area contributed by atoms with Gasteiger partial charge < -0.3 is 28.3 Å². The molecule has 0 fully saturated rings. The molecule has 3 aromatic heterocycles. The average molecular weight is 1700 g/mol. The summed E-state index contributed by atoms with van der Waals surface area (Å²) in [5, 5.41) is 32.4. The molecule has 0 aliphatic carbocycles. The number of fused-ring (bicyclic) bond motifs is 20. The van der Waals surface area contributed by atoms with Crippen molar-refractivity contribution in [1.82, 2.24) is 8.88 Å². The number of rotatable bonds is 5. The Bertz CT molecular complexity index is 9920. The topological polar surface area (TPSA) is 22.3 Å². The van der Waals surface area contributed by atoms with Crippen LogP contribution >= 0.6 is 0 Å². The predicted molar refractivity (Wildman–Crippen MR) is 575 cm³/mol. The van der Waals surface area contributed by atoms with Gasteiger partial charge in [0.2, 0.25) is 0 Å². The lowest BCUT2D eigenvalue weighted by atomic mass is 9.41. The van der Waals surface area contributed by atoms with E-state index in [0.717, 1.165) is 0 Å². The molecule has 0 saturated heterocycles. The molecular formula is C126H69B3N6. The second kappa shape index (κ2) is 25.0. The summed E-state index contributed by atoms with van der Waals surface area (Å²) in [6.07, 6.45) is 0. The Morgan fingerprint density at radius 2 is 0.444 bits per heavy atom. The van der Waals surface area contributed by atoms with Gasteiger partial charge in [0.15, 0.2) is 0 Å². The monoisotopic (exact) mass is 1700 g/mol. The third kappa shape index (κ3) is 8.54. The number of para-hydroxylation sites is 3. The molecule has 27 aromatic rings. The van der Waals surface area contributed by atoms with Gasteiger partial charge in [-0.3, -0.25) is 0 Å². The van der Waals surface area contributed by atoms with Crippen molar-refractivity contribution in [2.24, 2.45) is 0 Å². The van der Waals surface area contributed by atoms with Crippen LogP contribution in [0.1, 0.15) is 0 Å². The molecule has 0 atom stereocenters. The Balaban J connectivity index is 0.0000000903. The van der Waals surface area contributed by atoms with Crippen LogP contribution in [0, 0.1) is 0 Å². The summed E-state index contributed by atoms with van der Waals surface area (Å²) >= 11 is 0. The highest BCUT2D eigenvalue weighted by atomic mass is 15.2. The van der Waals surface area contributed by atoms with Gasteiger partial charge >= 0.3 is 20.5 Å². The predicted octanol–water partition coefficient (Wildman–Crippen LogP) is 29.0. The first-order chi connectivity index (χ1) is 67.1. The van der Waals surface area contributed by atoms with Gasteiger partial charge in [-0.05, 0) is 249 Å². The molecule has 612 valence electrons. The summed E-state index contributed by atoms with van der Waals surface area (Å²) < 4.78 is 5.34. The molecule has 0 N–H and O–H groups in total. The van der Waals surface area contributed by atoms with Gasteiger partial charge in [-0.2, -0.15) is 0 Å². The first-order valence-corrected chi connectivity index (χ1v) is 47.5. The molecule has 12 heterocycles. The van der Waals surface area contributed by atoms with Gasteiger partial charge in [0.05, 0.1) is 16.6 Å². The summed E-state index contributed by atoms with van der Waals surface area (Å²) in [5.41, 5.74) is 43.8. The second-order valence-corrected chi connectivity index (χ2v) is 38.4. The largest absolute Gasteiger partial charge is 0.376 e. The van der Waals surface area contributed by atoms with Crippen LogP contribution in [0.5, 0.6) is 0 Å². The number of hydrogen-bond acceptors (Lipinski definition) is 4. The Labute approximate surface area is 775 Å². The molecular weight excluding hydrogens is 1630 g/mol. The van der Waals surface area contributed by atoms with Gasteiger partial charge in [0.25, 0.3) is 0 Å². The Hall–Kier alpha value is -17.4. The Morgan fingerprint density at radius 3 is 0.889 bits per heavy atom. The molecule has 0 unspecified atom stereocenters. The van der Waals surface area contributed by atoms with E-state index in [9.17, 15) is 0 Å². The van der Waals surface area contributed by atoms with Crippen molar-refractivity contribution >= 4 is 267 Å². The molecule has 36 rings (SSSR count). The van der Waals surface area contributed by atoms with Crippen LogP contribution in [-0.2, 0) is 0 Å². The van der Waals surface area contributed by atoms with E-state index in [1.807, 2.05) is 0 Å². The summed E-state index contributed by atoms with van der Waals surface area (Å²) in [7, 11) is 0. The minimum Gasteiger partial charge on any atom is -0.376 e. The molecule has 0 bridgehead atoms. The molecule has 6 nitrogen and oxygen atoms in total. The summed E-state index contributed by atoms with van der Waals surface area (Å²) in [6, 6.07) is 157. The highest BCUT2D eigenvalue weighted by molar-refractivity contribution is 6.99. The van der Waals surface area contributed by atoms with Crippen LogP contribution in [0.2, 0.25) is 0 Å². The Kier molecular flexibility index (Phi) is 13.1. The lowest BCUT2D eigenvalue weighted by Gasteiger charge is -2.48. The fourth-order valence-electron chi connectivity index (χ4n) is 27.6. The summed E-state index contributed by atoms with van der Waals surface area (Å²) in [6.45, 7) is 0.336. The van der Waals surface area contributed by atoms with Crippen LogP contribution in [0.25, 0.3) is 224 Å². The van der Waals surface area contributed by atoms with Crippen molar-refractivity contribution in [2.75, 3.05) is 19.4 Å². The van der Waals surface area contributed by atoms with Crippen LogP contribution in [-0.4, -0.2) is 29.4 Å². The summed E-state index contributed by atoms with van der Waals surface area (Å²) in [5.74, 6) is 0. The normalized spacial score (nSPS) is 13.8. The average Bonchev–Trinajstić information content (AvgIpc) is 1.64. The van der Waals surface area contributed by atoms with E-state index in [1.165, 1.54) is 313 Å². The van der Waals surface area contributed by atoms with Gasteiger partial charge in [-0.25, -0.2) is 0 Å². The highest BCUT2D eigenvalue weighted by Gasteiger charge is 2.52. The first kappa shape index (κ1) is 70.5. The number of hydrogen-bond donors (Lipinski definition) is 0. The van der Waals surface area contributed by atoms with E-state index in [2.05, 4.69) is 447 Å². The fourth-order valence-corrected chi connectivity index (χ4v) is 27.6. The maximum Gasteiger partial charge on any atom is 0.333 e. The molecule has 0 spiro atoms. The third-order valence-corrected chi connectivity index (χ3v) is 32.6. The van der Waals surface area contributed by atoms with Gasteiger partial charge in [0.1, 0.15) is 0 Å². The van der Waals surface area contributed by atoms with E-state index in [4.69, 9.17) is 0 Å². The van der Waals surface area contributed by atoms with Gasteiger partial charge in [0, 0.05) is 133 Å². The van der Waals surface area contributed by atoms with Crippen molar-refractivity contribution in [2.45, 2.75) is 0 Å².